The molecule has 2 aliphatic heterocycles. The van der Waals surface area contributed by atoms with Gasteiger partial charge < -0.3 is 19.6 Å². The molecule has 2 aromatic heterocycles. The zero-order chi connectivity index (χ0) is 26.4. The van der Waals surface area contributed by atoms with Gasteiger partial charge in [-0.1, -0.05) is 24.3 Å². The molecule has 37 heavy (non-hydrogen) atoms. The third-order valence-electron chi connectivity index (χ3n) is 5.93. The van der Waals surface area contributed by atoms with Gasteiger partial charge in [-0.05, 0) is 42.8 Å². The molecule has 1 amide bonds. The lowest BCUT2D eigenvalue weighted by Crippen LogP contribution is -2.51. The van der Waals surface area contributed by atoms with Crippen molar-refractivity contribution in [1.82, 2.24) is 15.3 Å². The number of amides is 1. The van der Waals surface area contributed by atoms with E-state index in [-0.39, 0.29) is 11.7 Å². The number of benzene rings is 1. The van der Waals surface area contributed by atoms with E-state index < -0.39 is 12.2 Å². The standard InChI is InChI=1S/C18H22N4O2.C8H6F3NO/c1-13-16(3-2-4-19-13)14-9-17(21-5-7-24-8-6-21)20-18(10-14)22-11-15(23)12-22;9-8(10,11)12-7(13)6-4-2-1-3-5-6/h2-4,9-10,15,23H,5-8,11-12H2,1H3;1-5H,(H,12,13). The molecule has 2 fully saturated rings. The van der Waals surface area contributed by atoms with Gasteiger partial charge in [0.2, 0.25) is 0 Å². The summed E-state index contributed by atoms with van der Waals surface area (Å²) in [6.45, 7) is 6.48. The first-order valence-corrected chi connectivity index (χ1v) is 11.8. The van der Waals surface area contributed by atoms with Crippen LogP contribution in [-0.2, 0) is 4.74 Å². The number of hydrogen-bond acceptors (Lipinski definition) is 7. The zero-order valence-electron chi connectivity index (χ0n) is 20.3. The second-order valence-electron chi connectivity index (χ2n) is 8.68. The summed E-state index contributed by atoms with van der Waals surface area (Å²) < 4.78 is 40.4. The summed E-state index contributed by atoms with van der Waals surface area (Å²) in [5, 5.41) is 10.5. The molecule has 2 aliphatic rings. The smallest absolute Gasteiger partial charge is 0.389 e. The minimum absolute atomic E-state index is 0.0141. The predicted octanol–water partition coefficient (Wildman–Crippen LogP) is 3.41. The number of halogens is 3. The molecule has 0 atom stereocenters. The van der Waals surface area contributed by atoms with Gasteiger partial charge in [0.05, 0.1) is 19.3 Å². The number of aryl methyl sites for hydroxylation is 1. The highest BCUT2D eigenvalue weighted by atomic mass is 19.4. The number of β-amino-alcohol motifs (C(OH)–C–C–N with tert-alkyl or cyclic N) is 1. The summed E-state index contributed by atoms with van der Waals surface area (Å²) in [6.07, 6.45) is -3.11. The van der Waals surface area contributed by atoms with Gasteiger partial charge >= 0.3 is 6.30 Å². The molecule has 11 heteroatoms. The van der Waals surface area contributed by atoms with E-state index >= 15 is 0 Å². The van der Waals surface area contributed by atoms with Crippen LogP contribution in [0.5, 0.6) is 0 Å². The molecule has 0 radical (unpaired) electrons. The average Bonchev–Trinajstić information content (AvgIpc) is 2.87. The summed E-state index contributed by atoms with van der Waals surface area (Å²) in [5.41, 5.74) is 3.23. The van der Waals surface area contributed by atoms with Crippen LogP contribution in [-0.4, -0.2) is 72.8 Å². The Morgan fingerprint density at radius 1 is 1.03 bits per heavy atom. The molecule has 5 rings (SSSR count). The lowest BCUT2D eigenvalue weighted by Gasteiger charge is -2.38. The maximum atomic E-state index is 11.7. The van der Waals surface area contributed by atoms with E-state index in [0.29, 0.717) is 13.1 Å². The Balaban J connectivity index is 0.000000209. The van der Waals surface area contributed by atoms with E-state index in [1.54, 1.807) is 6.07 Å². The molecule has 0 saturated carbocycles. The van der Waals surface area contributed by atoms with E-state index in [1.165, 1.54) is 24.3 Å². The molecule has 0 bridgehead atoms. The van der Waals surface area contributed by atoms with Crippen molar-refractivity contribution in [3.63, 3.8) is 0 Å². The number of alkyl halides is 3. The summed E-state index contributed by atoms with van der Waals surface area (Å²) >= 11 is 0. The Labute approximate surface area is 212 Å². The van der Waals surface area contributed by atoms with Gasteiger partial charge in [0.15, 0.2) is 0 Å². The van der Waals surface area contributed by atoms with Crippen LogP contribution in [0.4, 0.5) is 24.8 Å². The van der Waals surface area contributed by atoms with Crippen molar-refractivity contribution in [2.45, 2.75) is 19.3 Å². The number of carbonyl (C=O) groups is 1. The fourth-order valence-corrected chi connectivity index (χ4v) is 4.00. The normalized spacial score (nSPS) is 15.9. The van der Waals surface area contributed by atoms with Crippen molar-refractivity contribution in [3.05, 3.63) is 72.1 Å². The number of hydrogen-bond donors (Lipinski definition) is 2. The Hall–Kier alpha value is -3.70. The number of nitrogens with zero attached hydrogens (tertiary/aromatic N) is 4. The first-order chi connectivity index (χ1) is 17.7. The summed E-state index contributed by atoms with van der Waals surface area (Å²) in [5.74, 6) is 0.742. The molecule has 0 aliphatic carbocycles. The third kappa shape index (κ3) is 7.17. The summed E-state index contributed by atoms with van der Waals surface area (Å²) in [4.78, 5) is 24.5. The van der Waals surface area contributed by atoms with Crippen molar-refractivity contribution in [1.29, 1.82) is 0 Å². The first kappa shape index (κ1) is 26.4. The van der Waals surface area contributed by atoms with Crippen LogP contribution in [0, 0.1) is 6.92 Å². The molecular weight excluding hydrogens is 487 g/mol. The summed E-state index contributed by atoms with van der Waals surface area (Å²) in [6, 6.07) is 15.5. The number of ether oxygens (including phenoxy) is 1. The SMILES string of the molecule is Cc1ncccc1-c1cc(N2CCOCC2)nc(N2CC(O)C2)c1.O=C(NC(F)(F)F)c1ccccc1. The van der Waals surface area contributed by atoms with Crippen LogP contribution in [0.2, 0.25) is 0 Å². The number of anilines is 2. The van der Waals surface area contributed by atoms with Crippen molar-refractivity contribution in [2.24, 2.45) is 0 Å². The highest BCUT2D eigenvalue weighted by Crippen LogP contribution is 2.31. The number of aromatic nitrogens is 2. The Morgan fingerprint density at radius 3 is 2.27 bits per heavy atom. The lowest BCUT2D eigenvalue weighted by atomic mass is 10.0. The largest absolute Gasteiger partial charge is 0.484 e. The fraction of sp³-hybridized carbons (Fsp3) is 0.346. The number of aliphatic hydroxyl groups is 1. The molecule has 3 aromatic rings. The van der Waals surface area contributed by atoms with Crippen LogP contribution >= 0.6 is 0 Å². The van der Waals surface area contributed by atoms with Crippen molar-refractivity contribution in [2.75, 3.05) is 49.2 Å². The van der Waals surface area contributed by atoms with Gasteiger partial charge in [0.25, 0.3) is 5.91 Å². The monoisotopic (exact) mass is 515 g/mol. The van der Waals surface area contributed by atoms with Crippen LogP contribution < -0.4 is 15.1 Å². The van der Waals surface area contributed by atoms with Crippen LogP contribution in [0.25, 0.3) is 11.1 Å². The highest BCUT2D eigenvalue weighted by molar-refractivity contribution is 5.94. The Kier molecular flexibility index (Phi) is 8.24. The lowest BCUT2D eigenvalue weighted by molar-refractivity contribution is -0.146. The number of morpholine rings is 1. The van der Waals surface area contributed by atoms with E-state index in [2.05, 4.69) is 33.0 Å². The molecule has 4 heterocycles. The summed E-state index contributed by atoms with van der Waals surface area (Å²) in [7, 11) is 0. The van der Waals surface area contributed by atoms with Gasteiger partial charge in [0.1, 0.15) is 11.6 Å². The third-order valence-corrected chi connectivity index (χ3v) is 5.93. The van der Waals surface area contributed by atoms with Crippen molar-refractivity contribution in [3.8, 4) is 11.1 Å². The number of carbonyl (C=O) groups excluding carboxylic acids is 1. The van der Waals surface area contributed by atoms with Gasteiger partial charge in [0, 0.05) is 49.2 Å². The van der Waals surface area contributed by atoms with E-state index in [9.17, 15) is 23.1 Å². The van der Waals surface area contributed by atoms with Crippen molar-refractivity contribution < 1.29 is 27.8 Å². The molecule has 8 nitrogen and oxygen atoms in total. The van der Waals surface area contributed by atoms with E-state index in [1.807, 2.05) is 19.2 Å². The maximum absolute atomic E-state index is 11.7. The van der Waals surface area contributed by atoms with Crippen LogP contribution in [0.3, 0.4) is 0 Å². The van der Waals surface area contributed by atoms with Gasteiger partial charge in [-0.15, -0.1) is 0 Å². The van der Waals surface area contributed by atoms with Gasteiger partial charge in [-0.2, -0.15) is 13.2 Å². The molecule has 2 N–H and O–H groups in total. The van der Waals surface area contributed by atoms with Gasteiger partial charge in [-0.25, -0.2) is 4.98 Å². The number of nitrogens with one attached hydrogen (secondary N) is 1. The number of aliphatic hydroxyl groups excluding tert-OH is 1. The average molecular weight is 516 g/mol. The number of pyridine rings is 2. The van der Waals surface area contributed by atoms with Crippen LogP contribution in [0.15, 0.2) is 60.8 Å². The molecule has 1 aromatic carbocycles. The number of rotatable bonds is 4. The fourth-order valence-electron chi connectivity index (χ4n) is 4.00. The Bertz CT molecular complexity index is 1200. The second-order valence-corrected chi connectivity index (χ2v) is 8.68. The van der Waals surface area contributed by atoms with Crippen molar-refractivity contribution >= 4 is 17.5 Å². The van der Waals surface area contributed by atoms with Gasteiger partial charge in [-0.3, -0.25) is 15.1 Å². The molecule has 2 saturated heterocycles. The zero-order valence-corrected chi connectivity index (χ0v) is 20.3. The highest BCUT2D eigenvalue weighted by Gasteiger charge is 2.30. The second kappa shape index (κ2) is 11.6. The minimum Gasteiger partial charge on any atom is -0.389 e. The first-order valence-electron chi connectivity index (χ1n) is 11.8. The Morgan fingerprint density at radius 2 is 1.68 bits per heavy atom. The quantitative estimate of drug-likeness (QED) is 0.515. The topological polar surface area (TPSA) is 90.8 Å². The molecule has 196 valence electrons. The van der Waals surface area contributed by atoms with E-state index in [0.717, 1.165) is 60.1 Å². The molecule has 0 unspecified atom stereocenters. The van der Waals surface area contributed by atoms with Crippen LogP contribution in [0.1, 0.15) is 16.1 Å². The molecule has 0 spiro atoms. The maximum Gasteiger partial charge on any atom is 0.484 e. The predicted molar refractivity (Wildman–Crippen MR) is 133 cm³/mol. The minimum atomic E-state index is -4.67. The molecular formula is C26H28F3N5O3. The van der Waals surface area contributed by atoms with E-state index in [4.69, 9.17) is 9.72 Å².